The number of amides is 1. The first kappa shape index (κ1) is 15.8. The number of carbonyl (C=O) groups is 1. The van der Waals surface area contributed by atoms with Crippen LogP contribution in [-0.2, 0) is 11.3 Å². The van der Waals surface area contributed by atoms with Crippen LogP contribution in [0.15, 0.2) is 11.0 Å². The molecule has 5 heteroatoms. The maximum atomic E-state index is 12.0. The van der Waals surface area contributed by atoms with Gasteiger partial charge in [-0.2, -0.15) is 0 Å². The van der Waals surface area contributed by atoms with Crippen LogP contribution in [0.1, 0.15) is 42.5 Å². The zero-order valence-corrected chi connectivity index (χ0v) is 13.0. The van der Waals surface area contributed by atoms with Crippen molar-refractivity contribution >= 4 is 5.91 Å². The Morgan fingerprint density at radius 1 is 1.24 bits per heavy atom. The Balaban J connectivity index is 1.86. The molecule has 116 valence electrons. The molecule has 0 spiro atoms. The normalized spacial score (nSPS) is 16.5. The molecule has 1 aromatic heterocycles. The predicted molar refractivity (Wildman–Crippen MR) is 83.3 cm³/mol. The Morgan fingerprint density at radius 3 is 2.57 bits per heavy atom. The van der Waals surface area contributed by atoms with E-state index in [-0.39, 0.29) is 11.3 Å². The maximum absolute atomic E-state index is 12.0. The van der Waals surface area contributed by atoms with Crippen LogP contribution >= 0.6 is 0 Å². The topological polar surface area (TPSA) is 65.2 Å². The smallest absolute Gasteiger partial charge is 0.234 e. The van der Waals surface area contributed by atoms with Crippen molar-refractivity contribution in [1.29, 1.82) is 0 Å². The van der Waals surface area contributed by atoms with Crippen LogP contribution in [0, 0.1) is 13.8 Å². The lowest BCUT2D eigenvalue weighted by Crippen LogP contribution is -2.37. The van der Waals surface area contributed by atoms with Gasteiger partial charge in [0.25, 0.3) is 0 Å². The van der Waals surface area contributed by atoms with Gasteiger partial charge in [0.2, 0.25) is 5.91 Å². The van der Waals surface area contributed by atoms with Crippen molar-refractivity contribution in [2.45, 2.75) is 46.1 Å². The summed E-state index contributed by atoms with van der Waals surface area (Å²) in [7, 11) is 0. The molecule has 0 aliphatic carbocycles. The van der Waals surface area contributed by atoms with E-state index in [1.54, 1.807) is 20.0 Å². The van der Waals surface area contributed by atoms with Gasteiger partial charge in [-0.15, -0.1) is 0 Å². The molecule has 0 bridgehead atoms. The van der Waals surface area contributed by atoms with E-state index in [1.165, 1.54) is 25.7 Å². The molecule has 21 heavy (non-hydrogen) atoms. The van der Waals surface area contributed by atoms with Gasteiger partial charge in [-0.3, -0.25) is 14.5 Å². The molecular weight excluding hydrogens is 266 g/mol. The van der Waals surface area contributed by atoms with Crippen LogP contribution in [0.3, 0.4) is 0 Å². The first-order chi connectivity index (χ1) is 10.1. The van der Waals surface area contributed by atoms with Crippen LogP contribution in [0.5, 0.6) is 0 Å². The van der Waals surface area contributed by atoms with Gasteiger partial charge >= 0.3 is 0 Å². The summed E-state index contributed by atoms with van der Waals surface area (Å²) in [5.41, 5.74) is 2.22. The van der Waals surface area contributed by atoms with Crippen LogP contribution in [0.25, 0.3) is 0 Å². The summed E-state index contributed by atoms with van der Waals surface area (Å²) < 4.78 is 0. The SMILES string of the molecule is Cc1c[nH]c(CNC(=O)CN2CCCCCC2)c(C)c1=O. The molecule has 0 atom stereocenters. The summed E-state index contributed by atoms with van der Waals surface area (Å²) in [4.78, 5) is 29.2. The Kier molecular flexibility index (Phi) is 5.56. The lowest BCUT2D eigenvalue weighted by molar-refractivity contribution is -0.122. The summed E-state index contributed by atoms with van der Waals surface area (Å²) in [5, 5.41) is 2.90. The van der Waals surface area contributed by atoms with E-state index in [4.69, 9.17) is 0 Å². The number of hydrogen-bond acceptors (Lipinski definition) is 3. The van der Waals surface area contributed by atoms with Gasteiger partial charge in [-0.05, 0) is 39.8 Å². The standard InChI is InChI=1S/C16H25N3O2/c1-12-9-17-14(13(2)16(12)21)10-18-15(20)11-19-7-5-3-4-6-8-19/h9H,3-8,10-11H2,1-2H3,(H,17,21)(H,18,20). The second-order valence-corrected chi connectivity index (χ2v) is 5.87. The summed E-state index contributed by atoms with van der Waals surface area (Å²) in [6.07, 6.45) is 6.59. The van der Waals surface area contributed by atoms with E-state index >= 15 is 0 Å². The highest BCUT2D eigenvalue weighted by molar-refractivity contribution is 5.78. The number of aromatic nitrogens is 1. The molecule has 1 aromatic rings. The predicted octanol–water partition coefficient (Wildman–Crippen LogP) is 1.48. The highest BCUT2D eigenvalue weighted by atomic mass is 16.2. The number of aryl methyl sites for hydroxylation is 1. The zero-order valence-electron chi connectivity index (χ0n) is 13.0. The first-order valence-corrected chi connectivity index (χ1v) is 7.74. The van der Waals surface area contributed by atoms with E-state index in [1.807, 2.05) is 0 Å². The number of H-pyrrole nitrogens is 1. The highest BCUT2D eigenvalue weighted by Crippen LogP contribution is 2.09. The van der Waals surface area contributed by atoms with Gasteiger partial charge in [-0.25, -0.2) is 0 Å². The Hall–Kier alpha value is -1.62. The minimum atomic E-state index is 0.0257. The van der Waals surface area contributed by atoms with Gasteiger partial charge in [0.05, 0.1) is 13.1 Å². The van der Waals surface area contributed by atoms with E-state index in [0.29, 0.717) is 24.2 Å². The number of nitrogens with one attached hydrogen (secondary N) is 2. The summed E-state index contributed by atoms with van der Waals surface area (Å²) >= 11 is 0. The monoisotopic (exact) mass is 291 g/mol. The number of likely N-dealkylation sites (tertiary alicyclic amines) is 1. The van der Waals surface area contributed by atoms with E-state index in [2.05, 4.69) is 15.2 Å². The zero-order chi connectivity index (χ0) is 15.2. The molecule has 1 fully saturated rings. The number of carbonyl (C=O) groups excluding carboxylic acids is 1. The fraction of sp³-hybridized carbons (Fsp3) is 0.625. The van der Waals surface area contributed by atoms with Crippen molar-refractivity contribution in [3.63, 3.8) is 0 Å². The number of hydrogen-bond donors (Lipinski definition) is 2. The number of nitrogens with zero attached hydrogens (tertiary/aromatic N) is 1. The van der Waals surface area contributed by atoms with Gasteiger partial charge in [0.15, 0.2) is 5.43 Å². The third kappa shape index (κ3) is 4.43. The molecule has 2 N–H and O–H groups in total. The molecule has 2 heterocycles. The second-order valence-electron chi connectivity index (χ2n) is 5.87. The maximum Gasteiger partial charge on any atom is 0.234 e. The van der Waals surface area contributed by atoms with Gasteiger partial charge in [0.1, 0.15) is 0 Å². The molecule has 1 aliphatic heterocycles. The molecule has 0 aromatic carbocycles. The Bertz CT molecular complexity index is 543. The van der Waals surface area contributed by atoms with Crippen molar-refractivity contribution in [1.82, 2.24) is 15.2 Å². The average Bonchev–Trinajstić information content (AvgIpc) is 2.73. The summed E-state index contributed by atoms with van der Waals surface area (Å²) in [5.74, 6) is 0.0257. The van der Waals surface area contributed by atoms with Crippen LogP contribution in [0.2, 0.25) is 0 Å². The quantitative estimate of drug-likeness (QED) is 0.883. The molecule has 1 saturated heterocycles. The second kappa shape index (κ2) is 7.41. The van der Waals surface area contributed by atoms with Gasteiger partial charge < -0.3 is 10.3 Å². The Morgan fingerprint density at radius 2 is 1.90 bits per heavy atom. The minimum absolute atomic E-state index is 0.0257. The third-order valence-electron chi connectivity index (χ3n) is 4.14. The van der Waals surface area contributed by atoms with Gasteiger partial charge in [-0.1, -0.05) is 12.8 Å². The van der Waals surface area contributed by atoms with Crippen LogP contribution in [0.4, 0.5) is 0 Å². The Labute approximate surface area is 125 Å². The van der Waals surface area contributed by atoms with Crippen molar-refractivity contribution in [2.24, 2.45) is 0 Å². The fourth-order valence-electron chi connectivity index (χ4n) is 2.73. The summed E-state index contributed by atoms with van der Waals surface area (Å²) in [6.45, 7) is 6.43. The van der Waals surface area contributed by atoms with Crippen molar-refractivity contribution in [3.05, 3.63) is 33.2 Å². The number of pyridine rings is 1. The third-order valence-corrected chi connectivity index (χ3v) is 4.14. The largest absolute Gasteiger partial charge is 0.363 e. The average molecular weight is 291 g/mol. The fourth-order valence-corrected chi connectivity index (χ4v) is 2.73. The molecule has 1 amide bonds. The molecule has 0 unspecified atom stereocenters. The van der Waals surface area contributed by atoms with Crippen molar-refractivity contribution in [3.8, 4) is 0 Å². The molecule has 0 radical (unpaired) electrons. The van der Waals surface area contributed by atoms with E-state index < -0.39 is 0 Å². The van der Waals surface area contributed by atoms with Gasteiger partial charge in [0, 0.05) is 23.0 Å². The molecule has 2 rings (SSSR count). The molecular formula is C16H25N3O2. The number of rotatable bonds is 4. The highest BCUT2D eigenvalue weighted by Gasteiger charge is 2.13. The summed E-state index contributed by atoms with van der Waals surface area (Å²) in [6, 6.07) is 0. The van der Waals surface area contributed by atoms with E-state index in [9.17, 15) is 9.59 Å². The first-order valence-electron chi connectivity index (χ1n) is 7.74. The van der Waals surface area contributed by atoms with Crippen molar-refractivity contribution in [2.75, 3.05) is 19.6 Å². The van der Waals surface area contributed by atoms with E-state index in [0.717, 1.165) is 18.8 Å². The minimum Gasteiger partial charge on any atom is -0.363 e. The number of aromatic amines is 1. The van der Waals surface area contributed by atoms with Crippen LogP contribution < -0.4 is 10.7 Å². The lowest BCUT2D eigenvalue weighted by Gasteiger charge is -2.19. The van der Waals surface area contributed by atoms with Crippen LogP contribution in [-0.4, -0.2) is 35.4 Å². The molecule has 1 aliphatic rings. The molecule has 5 nitrogen and oxygen atoms in total. The lowest BCUT2D eigenvalue weighted by atomic mass is 10.1. The van der Waals surface area contributed by atoms with Crippen molar-refractivity contribution < 1.29 is 4.79 Å². The molecule has 0 saturated carbocycles.